The smallest absolute Gasteiger partial charge is 0.231 e. The zero-order valence-electron chi connectivity index (χ0n) is 7.89. The lowest BCUT2D eigenvalue weighted by atomic mass is 10.3. The van der Waals surface area contributed by atoms with E-state index in [1.165, 1.54) is 24.7 Å². The van der Waals surface area contributed by atoms with Crippen LogP contribution in [-0.2, 0) is 0 Å². The van der Waals surface area contributed by atoms with Gasteiger partial charge in [-0.1, -0.05) is 0 Å². The van der Waals surface area contributed by atoms with E-state index in [0.29, 0.717) is 17.2 Å². The van der Waals surface area contributed by atoms with Crippen LogP contribution in [0, 0.1) is 0 Å². The van der Waals surface area contributed by atoms with E-state index in [2.05, 4.69) is 10.1 Å². The molecule has 0 saturated heterocycles. The summed E-state index contributed by atoms with van der Waals surface area (Å²) in [5, 5.41) is 4.09. The molecule has 0 aliphatic rings. The summed E-state index contributed by atoms with van der Waals surface area (Å²) in [5.41, 5.74) is 1.09. The van der Waals surface area contributed by atoms with Crippen LogP contribution in [0.5, 0.6) is 5.88 Å². The summed E-state index contributed by atoms with van der Waals surface area (Å²) < 4.78 is 6.43. The average molecular weight is 191 g/mol. The maximum Gasteiger partial charge on any atom is 0.231 e. The second kappa shape index (κ2) is 3.10. The Labute approximate surface area is 80.3 Å². The number of methoxy groups -OCH3 is 1. The van der Waals surface area contributed by atoms with Crippen LogP contribution in [0.25, 0.3) is 5.65 Å². The van der Waals surface area contributed by atoms with Gasteiger partial charge in [-0.15, -0.1) is 5.10 Å². The maximum absolute atomic E-state index is 11.2. The van der Waals surface area contributed by atoms with Crippen LogP contribution in [0.4, 0.5) is 0 Å². The summed E-state index contributed by atoms with van der Waals surface area (Å²) in [7, 11) is 1.53. The molecule has 5 heteroatoms. The van der Waals surface area contributed by atoms with Gasteiger partial charge in [-0.3, -0.25) is 4.79 Å². The van der Waals surface area contributed by atoms with Crippen LogP contribution in [0.1, 0.15) is 17.4 Å². The van der Waals surface area contributed by atoms with Crippen molar-refractivity contribution < 1.29 is 9.53 Å². The van der Waals surface area contributed by atoms with Gasteiger partial charge in [-0.05, 0) is 6.07 Å². The third kappa shape index (κ3) is 1.22. The van der Waals surface area contributed by atoms with Crippen LogP contribution in [0.3, 0.4) is 0 Å². The van der Waals surface area contributed by atoms with Crippen LogP contribution in [-0.4, -0.2) is 27.5 Å². The Morgan fingerprint density at radius 2 is 2.29 bits per heavy atom. The van der Waals surface area contributed by atoms with Crippen molar-refractivity contribution >= 4 is 11.4 Å². The van der Waals surface area contributed by atoms with Crippen LogP contribution in [0.15, 0.2) is 18.3 Å². The number of aromatic nitrogens is 3. The highest BCUT2D eigenvalue weighted by Gasteiger charge is 2.08. The first-order chi connectivity index (χ1) is 6.72. The van der Waals surface area contributed by atoms with Gasteiger partial charge in [0, 0.05) is 13.0 Å². The van der Waals surface area contributed by atoms with Crippen molar-refractivity contribution in [3.63, 3.8) is 0 Å². The van der Waals surface area contributed by atoms with Gasteiger partial charge >= 0.3 is 0 Å². The molecule has 0 bridgehead atoms. The van der Waals surface area contributed by atoms with Crippen molar-refractivity contribution in [1.82, 2.24) is 14.6 Å². The molecule has 2 aromatic heterocycles. The summed E-state index contributed by atoms with van der Waals surface area (Å²) in [4.78, 5) is 15.2. The molecule has 2 heterocycles. The molecule has 0 fully saturated rings. The van der Waals surface area contributed by atoms with Crippen molar-refractivity contribution in [2.24, 2.45) is 0 Å². The van der Waals surface area contributed by atoms with E-state index in [1.54, 1.807) is 12.1 Å². The summed E-state index contributed by atoms with van der Waals surface area (Å²) in [5.74, 6) is 0.385. The Morgan fingerprint density at radius 1 is 1.50 bits per heavy atom. The fourth-order valence-electron chi connectivity index (χ4n) is 1.21. The number of rotatable bonds is 2. The van der Waals surface area contributed by atoms with Gasteiger partial charge in [0.15, 0.2) is 11.4 Å². The number of carbonyl (C=O) groups is 1. The molecular weight excluding hydrogens is 182 g/mol. The molecule has 0 unspecified atom stereocenters. The molecule has 0 amide bonds. The van der Waals surface area contributed by atoms with E-state index in [1.807, 2.05) is 0 Å². The zero-order valence-corrected chi connectivity index (χ0v) is 7.89. The molecule has 0 atom stereocenters. The highest BCUT2D eigenvalue weighted by molar-refractivity contribution is 5.92. The minimum absolute atomic E-state index is 0.0711. The zero-order chi connectivity index (χ0) is 10.1. The van der Waals surface area contributed by atoms with Crippen molar-refractivity contribution in [3.05, 3.63) is 24.0 Å². The number of ketones is 1. The number of ether oxygens (including phenoxy) is 1. The van der Waals surface area contributed by atoms with E-state index < -0.39 is 0 Å². The molecule has 0 N–H and O–H groups in total. The number of nitrogens with zero attached hydrogens (tertiary/aromatic N) is 3. The monoisotopic (exact) mass is 191 g/mol. The van der Waals surface area contributed by atoms with Gasteiger partial charge in [0.2, 0.25) is 5.88 Å². The second-order valence-corrected chi connectivity index (χ2v) is 2.85. The lowest BCUT2D eigenvalue weighted by molar-refractivity contribution is 0.101. The third-order valence-corrected chi connectivity index (χ3v) is 1.91. The van der Waals surface area contributed by atoms with Crippen molar-refractivity contribution in [2.75, 3.05) is 7.11 Å². The number of Topliss-reactive ketones (excluding diaryl/α,β-unsaturated/α-hetero) is 1. The normalized spacial score (nSPS) is 10.4. The average Bonchev–Trinajstić information content (AvgIpc) is 2.59. The SMILES string of the molecule is COc1ccc2ncc(C(C)=O)n2n1. The van der Waals surface area contributed by atoms with Crippen LogP contribution in [0.2, 0.25) is 0 Å². The fourth-order valence-corrected chi connectivity index (χ4v) is 1.21. The van der Waals surface area contributed by atoms with E-state index in [0.717, 1.165) is 0 Å². The van der Waals surface area contributed by atoms with Gasteiger partial charge < -0.3 is 4.74 Å². The molecule has 14 heavy (non-hydrogen) atoms. The molecule has 5 nitrogen and oxygen atoms in total. The molecular formula is C9H9N3O2. The quantitative estimate of drug-likeness (QED) is 0.663. The van der Waals surface area contributed by atoms with E-state index in [4.69, 9.17) is 4.74 Å². The molecule has 0 saturated carbocycles. The van der Waals surface area contributed by atoms with Gasteiger partial charge in [0.25, 0.3) is 0 Å². The Kier molecular flexibility index (Phi) is 1.92. The fraction of sp³-hybridized carbons (Fsp3) is 0.222. The minimum Gasteiger partial charge on any atom is -0.480 e. The number of imidazole rings is 1. The number of hydrogen-bond donors (Lipinski definition) is 0. The van der Waals surface area contributed by atoms with Gasteiger partial charge in [-0.25, -0.2) is 9.50 Å². The maximum atomic E-state index is 11.2. The lowest BCUT2D eigenvalue weighted by Gasteiger charge is -1.99. The van der Waals surface area contributed by atoms with E-state index in [9.17, 15) is 4.79 Å². The van der Waals surface area contributed by atoms with Crippen LogP contribution >= 0.6 is 0 Å². The first-order valence-corrected chi connectivity index (χ1v) is 4.12. The molecule has 2 aromatic rings. The predicted molar refractivity (Wildman–Crippen MR) is 49.5 cm³/mol. The largest absolute Gasteiger partial charge is 0.480 e. The molecule has 0 radical (unpaired) electrons. The molecule has 0 aromatic carbocycles. The highest BCUT2D eigenvalue weighted by atomic mass is 16.5. The second-order valence-electron chi connectivity index (χ2n) is 2.85. The van der Waals surface area contributed by atoms with Crippen molar-refractivity contribution in [1.29, 1.82) is 0 Å². The summed E-state index contributed by atoms with van der Waals surface area (Å²) in [6.07, 6.45) is 1.50. The number of carbonyl (C=O) groups excluding carboxylic acids is 1. The summed E-state index contributed by atoms with van der Waals surface area (Å²) in [6, 6.07) is 3.45. The van der Waals surface area contributed by atoms with Gasteiger partial charge in [-0.2, -0.15) is 0 Å². The molecule has 0 aliphatic heterocycles. The Bertz CT molecular complexity index is 490. The lowest BCUT2D eigenvalue weighted by Crippen LogP contribution is -2.03. The molecule has 2 rings (SSSR count). The first-order valence-electron chi connectivity index (χ1n) is 4.12. The van der Waals surface area contributed by atoms with Crippen molar-refractivity contribution in [3.8, 4) is 5.88 Å². The molecule has 0 spiro atoms. The summed E-state index contributed by atoms with van der Waals surface area (Å²) in [6.45, 7) is 1.48. The number of fused-ring (bicyclic) bond motifs is 1. The minimum atomic E-state index is -0.0711. The highest BCUT2D eigenvalue weighted by Crippen LogP contribution is 2.10. The van der Waals surface area contributed by atoms with E-state index in [-0.39, 0.29) is 5.78 Å². The topological polar surface area (TPSA) is 56.5 Å². The third-order valence-electron chi connectivity index (χ3n) is 1.91. The Balaban J connectivity index is 2.69. The number of hydrogen-bond acceptors (Lipinski definition) is 4. The molecule has 0 aliphatic carbocycles. The first kappa shape index (κ1) is 8.68. The van der Waals surface area contributed by atoms with Crippen molar-refractivity contribution in [2.45, 2.75) is 6.92 Å². The predicted octanol–water partition coefficient (Wildman–Crippen LogP) is 0.940. The van der Waals surface area contributed by atoms with E-state index >= 15 is 0 Å². The van der Waals surface area contributed by atoms with Gasteiger partial charge in [0.05, 0.1) is 13.3 Å². The Hall–Kier alpha value is -1.91. The standard InChI is InChI=1S/C9H9N3O2/c1-6(13)7-5-10-8-3-4-9(14-2)11-12(7)8/h3-5H,1-2H3. The Morgan fingerprint density at radius 3 is 2.93 bits per heavy atom. The van der Waals surface area contributed by atoms with Gasteiger partial charge in [0.1, 0.15) is 5.69 Å². The molecule has 72 valence electrons. The van der Waals surface area contributed by atoms with Crippen LogP contribution < -0.4 is 4.74 Å². The summed E-state index contributed by atoms with van der Waals surface area (Å²) >= 11 is 0.